The van der Waals surface area contributed by atoms with E-state index in [0.717, 1.165) is 0 Å². The maximum atomic E-state index is 12.4. The van der Waals surface area contributed by atoms with Gasteiger partial charge in [-0.25, -0.2) is 4.98 Å². The maximum Gasteiger partial charge on any atom is 0.258 e. The first-order valence-corrected chi connectivity index (χ1v) is 9.54. The van der Waals surface area contributed by atoms with Crippen LogP contribution < -0.4 is 15.6 Å². The van der Waals surface area contributed by atoms with Gasteiger partial charge in [0.25, 0.3) is 5.56 Å². The van der Waals surface area contributed by atoms with E-state index in [2.05, 4.69) is 31.2 Å². The third-order valence-electron chi connectivity index (χ3n) is 3.82. The molecular formula is C19H17BrClN3O3. The molecule has 27 heavy (non-hydrogen) atoms. The minimum absolute atomic E-state index is 0.150. The van der Waals surface area contributed by atoms with E-state index in [1.807, 2.05) is 13.0 Å². The van der Waals surface area contributed by atoms with Crippen LogP contribution in [0.5, 0.6) is 5.75 Å². The van der Waals surface area contributed by atoms with Gasteiger partial charge in [-0.05, 0) is 47.1 Å². The SMILES string of the molecule is CCOc1c(Br)cc(Cl)cc1NC(=O)CCc1nc2ccccc2c(=O)[nH]1. The average Bonchev–Trinajstić information content (AvgIpc) is 2.63. The smallest absolute Gasteiger partial charge is 0.258 e. The number of fused-ring (bicyclic) bond motifs is 1. The van der Waals surface area contributed by atoms with Crippen molar-refractivity contribution < 1.29 is 9.53 Å². The molecule has 0 saturated heterocycles. The lowest BCUT2D eigenvalue weighted by Crippen LogP contribution is -2.16. The molecule has 3 aromatic rings. The Morgan fingerprint density at radius 2 is 2.11 bits per heavy atom. The zero-order valence-corrected chi connectivity index (χ0v) is 16.9. The largest absolute Gasteiger partial charge is 0.491 e. The Kier molecular flexibility index (Phi) is 6.13. The van der Waals surface area contributed by atoms with Crippen molar-refractivity contribution in [3.05, 3.63) is 62.1 Å². The number of carbonyl (C=O) groups excluding carboxylic acids is 1. The number of H-pyrrole nitrogens is 1. The minimum Gasteiger partial charge on any atom is -0.491 e. The van der Waals surface area contributed by atoms with Crippen molar-refractivity contribution in [2.45, 2.75) is 19.8 Å². The maximum absolute atomic E-state index is 12.4. The van der Waals surface area contributed by atoms with Gasteiger partial charge in [-0.2, -0.15) is 0 Å². The number of rotatable bonds is 6. The average molecular weight is 451 g/mol. The number of hydrogen-bond donors (Lipinski definition) is 2. The summed E-state index contributed by atoms with van der Waals surface area (Å²) in [5.41, 5.74) is 0.878. The molecule has 1 heterocycles. The predicted octanol–water partition coefficient (Wildman–Crippen LogP) is 4.31. The normalized spacial score (nSPS) is 10.8. The second kappa shape index (κ2) is 8.54. The third-order valence-corrected chi connectivity index (χ3v) is 4.63. The Morgan fingerprint density at radius 3 is 2.89 bits per heavy atom. The molecule has 0 saturated carbocycles. The van der Waals surface area contributed by atoms with E-state index in [1.54, 1.807) is 30.3 Å². The van der Waals surface area contributed by atoms with Crippen LogP contribution in [0, 0.1) is 0 Å². The van der Waals surface area contributed by atoms with Gasteiger partial charge < -0.3 is 15.0 Å². The summed E-state index contributed by atoms with van der Waals surface area (Å²) in [5.74, 6) is 0.750. The number of nitrogens with zero attached hydrogens (tertiary/aromatic N) is 1. The summed E-state index contributed by atoms with van der Waals surface area (Å²) < 4.78 is 6.23. The minimum atomic E-state index is -0.235. The second-order valence-electron chi connectivity index (χ2n) is 5.78. The summed E-state index contributed by atoms with van der Waals surface area (Å²) in [7, 11) is 0. The molecule has 0 spiro atoms. The lowest BCUT2D eigenvalue weighted by atomic mass is 10.2. The molecule has 0 unspecified atom stereocenters. The highest BCUT2D eigenvalue weighted by Gasteiger charge is 2.14. The lowest BCUT2D eigenvalue weighted by molar-refractivity contribution is -0.116. The third kappa shape index (κ3) is 4.67. The molecule has 0 aliphatic heterocycles. The van der Waals surface area contributed by atoms with Gasteiger partial charge in [0.15, 0.2) is 5.75 Å². The van der Waals surface area contributed by atoms with Gasteiger partial charge in [0.2, 0.25) is 5.91 Å². The number of aromatic nitrogens is 2. The molecule has 140 valence electrons. The summed E-state index contributed by atoms with van der Waals surface area (Å²) in [5, 5.41) is 3.80. The van der Waals surface area contributed by atoms with E-state index in [4.69, 9.17) is 16.3 Å². The molecule has 8 heteroatoms. The molecule has 6 nitrogen and oxygen atoms in total. The van der Waals surface area contributed by atoms with Crippen molar-refractivity contribution in [2.24, 2.45) is 0 Å². The van der Waals surface area contributed by atoms with Gasteiger partial charge in [-0.15, -0.1) is 0 Å². The zero-order chi connectivity index (χ0) is 19.4. The summed E-state index contributed by atoms with van der Waals surface area (Å²) in [6, 6.07) is 10.4. The quantitative estimate of drug-likeness (QED) is 0.586. The Balaban J connectivity index is 1.73. The van der Waals surface area contributed by atoms with E-state index in [0.29, 0.717) is 50.7 Å². The van der Waals surface area contributed by atoms with Crippen LogP contribution in [0.25, 0.3) is 10.9 Å². The Bertz CT molecular complexity index is 1050. The molecule has 0 bridgehead atoms. The van der Waals surface area contributed by atoms with E-state index >= 15 is 0 Å². The summed E-state index contributed by atoms with van der Waals surface area (Å²) in [6.07, 6.45) is 0.453. The first-order chi connectivity index (χ1) is 13.0. The number of benzene rings is 2. The van der Waals surface area contributed by atoms with Crippen LogP contribution >= 0.6 is 27.5 Å². The molecule has 0 aliphatic rings. The van der Waals surface area contributed by atoms with Crippen molar-refractivity contribution in [1.29, 1.82) is 0 Å². The Labute approximate surface area is 169 Å². The molecule has 2 N–H and O–H groups in total. The number of hydrogen-bond acceptors (Lipinski definition) is 4. The van der Waals surface area contributed by atoms with Gasteiger partial charge in [-0.3, -0.25) is 9.59 Å². The zero-order valence-electron chi connectivity index (χ0n) is 14.5. The van der Waals surface area contributed by atoms with Crippen LogP contribution in [0.2, 0.25) is 5.02 Å². The molecule has 2 aromatic carbocycles. The van der Waals surface area contributed by atoms with Crippen LogP contribution in [-0.2, 0) is 11.2 Å². The molecule has 0 atom stereocenters. The lowest BCUT2D eigenvalue weighted by Gasteiger charge is -2.14. The number of ether oxygens (including phenoxy) is 1. The highest BCUT2D eigenvalue weighted by molar-refractivity contribution is 9.10. The number of nitrogens with one attached hydrogen (secondary N) is 2. The number of amides is 1. The summed E-state index contributed by atoms with van der Waals surface area (Å²) in [4.78, 5) is 31.6. The van der Waals surface area contributed by atoms with E-state index in [9.17, 15) is 9.59 Å². The van der Waals surface area contributed by atoms with Crippen molar-refractivity contribution in [2.75, 3.05) is 11.9 Å². The van der Waals surface area contributed by atoms with Crippen molar-refractivity contribution in [3.8, 4) is 5.75 Å². The molecule has 0 radical (unpaired) electrons. The van der Waals surface area contributed by atoms with Crippen LogP contribution in [-0.4, -0.2) is 22.5 Å². The van der Waals surface area contributed by atoms with Crippen LogP contribution in [0.3, 0.4) is 0 Å². The Morgan fingerprint density at radius 1 is 1.33 bits per heavy atom. The highest BCUT2D eigenvalue weighted by atomic mass is 79.9. The first kappa shape index (κ1) is 19.4. The Hall–Kier alpha value is -2.38. The fraction of sp³-hybridized carbons (Fsp3) is 0.211. The molecule has 0 fully saturated rings. The predicted molar refractivity (Wildman–Crippen MR) is 110 cm³/mol. The van der Waals surface area contributed by atoms with Gasteiger partial charge in [0, 0.05) is 17.9 Å². The number of para-hydroxylation sites is 1. The van der Waals surface area contributed by atoms with Crippen LogP contribution in [0.15, 0.2) is 45.7 Å². The summed E-state index contributed by atoms with van der Waals surface area (Å²) in [6.45, 7) is 2.31. The highest BCUT2D eigenvalue weighted by Crippen LogP contribution is 2.36. The van der Waals surface area contributed by atoms with Gasteiger partial charge in [0.05, 0.1) is 27.7 Å². The standard InChI is InChI=1S/C19H17BrClN3O3/c1-2-27-18-13(20)9-11(21)10-15(18)23-17(25)8-7-16-22-14-6-4-3-5-12(14)19(26)24-16/h3-6,9-10H,2,7-8H2,1H3,(H,23,25)(H,22,24,26). The van der Waals surface area contributed by atoms with Crippen molar-refractivity contribution in [1.82, 2.24) is 9.97 Å². The molecule has 1 amide bonds. The van der Waals surface area contributed by atoms with E-state index < -0.39 is 0 Å². The topological polar surface area (TPSA) is 84.1 Å². The number of anilines is 1. The number of aryl methyl sites for hydroxylation is 1. The van der Waals surface area contributed by atoms with Crippen molar-refractivity contribution in [3.63, 3.8) is 0 Å². The summed E-state index contributed by atoms with van der Waals surface area (Å²) >= 11 is 9.45. The van der Waals surface area contributed by atoms with Crippen LogP contribution in [0.1, 0.15) is 19.2 Å². The van der Waals surface area contributed by atoms with E-state index in [-0.39, 0.29) is 17.9 Å². The fourth-order valence-corrected chi connectivity index (χ4v) is 3.57. The number of aromatic amines is 1. The first-order valence-electron chi connectivity index (χ1n) is 8.37. The molecule has 0 aliphatic carbocycles. The molecule has 1 aromatic heterocycles. The number of halogens is 2. The monoisotopic (exact) mass is 449 g/mol. The molecule has 3 rings (SSSR count). The van der Waals surface area contributed by atoms with Crippen molar-refractivity contribution >= 4 is 50.0 Å². The van der Waals surface area contributed by atoms with Gasteiger partial charge in [0.1, 0.15) is 5.82 Å². The second-order valence-corrected chi connectivity index (χ2v) is 7.07. The van der Waals surface area contributed by atoms with E-state index in [1.165, 1.54) is 0 Å². The van der Waals surface area contributed by atoms with Gasteiger partial charge in [-0.1, -0.05) is 23.7 Å². The number of carbonyl (C=O) groups is 1. The fourth-order valence-electron chi connectivity index (χ4n) is 2.64. The van der Waals surface area contributed by atoms with Crippen LogP contribution in [0.4, 0.5) is 5.69 Å². The molecular weight excluding hydrogens is 434 g/mol. The van der Waals surface area contributed by atoms with Gasteiger partial charge >= 0.3 is 0 Å².